The van der Waals surface area contributed by atoms with Gasteiger partial charge in [-0.05, 0) is 30.0 Å². The number of hydrogen-bond donors (Lipinski definition) is 3. The average Bonchev–Trinajstić information content (AvgIpc) is 2.31. The van der Waals surface area contributed by atoms with Gasteiger partial charge in [-0.1, -0.05) is 38.2 Å². The predicted octanol–water partition coefficient (Wildman–Crippen LogP) is 1.72. The Bertz CT molecular complexity index is 443. The van der Waals surface area contributed by atoms with Crippen LogP contribution in [0.1, 0.15) is 19.4 Å². The molecule has 1 aromatic carbocycles. The van der Waals surface area contributed by atoms with Crippen LogP contribution in [0.25, 0.3) is 0 Å². The number of carbonyl (C=O) groups excluding carboxylic acids is 1. The van der Waals surface area contributed by atoms with Crippen LogP contribution >= 0.6 is 12.2 Å². The molecule has 4 nitrogen and oxygen atoms in total. The fourth-order valence-corrected chi connectivity index (χ4v) is 2.24. The second kappa shape index (κ2) is 7.21. The Morgan fingerprint density at radius 1 is 1.37 bits per heavy atom. The summed E-state index contributed by atoms with van der Waals surface area (Å²) in [7, 11) is 0. The topological polar surface area (TPSA) is 75.3 Å². The first-order valence-corrected chi connectivity index (χ1v) is 6.66. The summed E-state index contributed by atoms with van der Waals surface area (Å²) in [5.41, 5.74) is 7.32. The molecule has 0 fully saturated rings. The van der Waals surface area contributed by atoms with Gasteiger partial charge in [-0.25, -0.2) is 0 Å². The van der Waals surface area contributed by atoms with Gasteiger partial charge in [0.05, 0.1) is 10.9 Å². The number of aliphatic hydroxyl groups is 1. The van der Waals surface area contributed by atoms with E-state index in [1.807, 2.05) is 26.0 Å². The molecule has 0 bridgehead atoms. The molecule has 0 aromatic heterocycles. The van der Waals surface area contributed by atoms with E-state index in [1.165, 1.54) is 0 Å². The molecule has 1 aromatic rings. The van der Waals surface area contributed by atoms with Crippen LogP contribution in [0, 0.1) is 11.8 Å². The van der Waals surface area contributed by atoms with Crippen LogP contribution in [0.4, 0.5) is 5.69 Å². The van der Waals surface area contributed by atoms with Crippen LogP contribution in [-0.2, 0) is 11.2 Å². The minimum absolute atomic E-state index is 0.0613. The first kappa shape index (κ1) is 15.6. The van der Waals surface area contributed by atoms with Crippen molar-refractivity contribution in [2.75, 3.05) is 11.9 Å². The molecule has 4 N–H and O–H groups in total. The number of aliphatic hydroxyl groups excluding tert-OH is 1. The van der Waals surface area contributed by atoms with E-state index in [9.17, 15) is 4.79 Å². The number of thiocarbonyl (C=S) groups is 1. The van der Waals surface area contributed by atoms with Gasteiger partial charge in [-0.3, -0.25) is 4.79 Å². The van der Waals surface area contributed by atoms with E-state index in [4.69, 9.17) is 23.1 Å². The van der Waals surface area contributed by atoms with Crippen LogP contribution < -0.4 is 11.1 Å². The van der Waals surface area contributed by atoms with Gasteiger partial charge >= 0.3 is 0 Å². The van der Waals surface area contributed by atoms with Gasteiger partial charge in [-0.2, -0.15) is 0 Å². The van der Waals surface area contributed by atoms with Crippen molar-refractivity contribution in [2.24, 2.45) is 17.6 Å². The van der Waals surface area contributed by atoms with Crippen molar-refractivity contribution in [2.45, 2.75) is 20.3 Å². The monoisotopic (exact) mass is 280 g/mol. The van der Waals surface area contributed by atoms with Gasteiger partial charge in [0.25, 0.3) is 0 Å². The molecule has 1 rings (SSSR count). The Balaban J connectivity index is 2.73. The Morgan fingerprint density at radius 2 is 1.95 bits per heavy atom. The number of amides is 1. The lowest BCUT2D eigenvalue weighted by atomic mass is 9.95. The second-order valence-electron chi connectivity index (χ2n) is 4.78. The Labute approximate surface area is 119 Å². The normalized spacial score (nSPS) is 12.2. The second-order valence-corrected chi connectivity index (χ2v) is 5.26. The number of anilines is 1. The lowest BCUT2D eigenvalue weighted by Crippen LogP contribution is -2.36. The van der Waals surface area contributed by atoms with Gasteiger partial charge in [0, 0.05) is 12.3 Å². The summed E-state index contributed by atoms with van der Waals surface area (Å²) in [5.74, 6) is -0.587. The third-order valence-electron chi connectivity index (χ3n) is 2.88. The highest BCUT2D eigenvalue weighted by atomic mass is 32.1. The molecule has 5 heteroatoms. The molecular weight excluding hydrogens is 260 g/mol. The van der Waals surface area contributed by atoms with Crippen LogP contribution in [0.2, 0.25) is 0 Å². The van der Waals surface area contributed by atoms with Crippen LogP contribution in [0.5, 0.6) is 0 Å². The lowest BCUT2D eigenvalue weighted by molar-refractivity contribution is -0.118. The maximum absolute atomic E-state index is 12.1. The van der Waals surface area contributed by atoms with Crippen LogP contribution in [-0.4, -0.2) is 22.6 Å². The highest BCUT2D eigenvalue weighted by Crippen LogP contribution is 2.16. The molecule has 0 heterocycles. The number of nitrogens with two attached hydrogens (primary N) is 1. The van der Waals surface area contributed by atoms with Crippen molar-refractivity contribution in [1.29, 1.82) is 0 Å². The number of hydrogen-bond acceptors (Lipinski definition) is 3. The van der Waals surface area contributed by atoms with Crippen LogP contribution in [0.15, 0.2) is 24.3 Å². The van der Waals surface area contributed by atoms with E-state index < -0.39 is 5.92 Å². The Morgan fingerprint density at radius 3 is 2.37 bits per heavy atom. The van der Waals surface area contributed by atoms with E-state index in [0.29, 0.717) is 12.1 Å². The molecule has 1 amide bonds. The van der Waals surface area contributed by atoms with Crippen molar-refractivity contribution >= 4 is 28.8 Å². The van der Waals surface area contributed by atoms with Gasteiger partial charge in [-0.15, -0.1) is 0 Å². The van der Waals surface area contributed by atoms with Crippen molar-refractivity contribution in [3.8, 4) is 0 Å². The summed E-state index contributed by atoms with van der Waals surface area (Å²) in [6.45, 7) is 3.93. The summed E-state index contributed by atoms with van der Waals surface area (Å²) in [6, 6.07) is 7.35. The molecule has 0 aliphatic rings. The van der Waals surface area contributed by atoms with E-state index >= 15 is 0 Å². The summed E-state index contributed by atoms with van der Waals surface area (Å²) in [4.78, 5) is 12.3. The fraction of sp³-hybridized carbons (Fsp3) is 0.429. The zero-order valence-electron chi connectivity index (χ0n) is 11.2. The summed E-state index contributed by atoms with van der Waals surface area (Å²) in [6.07, 6.45) is 0.607. The number of carbonyl (C=O) groups is 1. The third kappa shape index (κ3) is 4.61. The van der Waals surface area contributed by atoms with Gasteiger partial charge in [0.1, 0.15) is 0 Å². The minimum atomic E-state index is -0.466. The van der Waals surface area contributed by atoms with E-state index in [-0.39, 0.29) is 23.4 Å². The van der Waals surface area contributed by atoms with E-state index in [1.54, 1.807) is 12.1 Å². The van der Waals surface area contributed by atoms with Gasteiger partial charge in [0.15, 0.2) is 0 Å². The van der Waals surface area contributed by atoms with E-state index in [0.717, 1.165) is 5.56 Å². The van der Waals surface area contributed by atoms with Crippen LogP contribution in [0.3, 0.4) is 0 Å². The molecule has 0 aliphatic carbocycles. The maximum atomic E-state index is 12.1. The zero-order chi connectivity index (χ0) is 14.4. The maximum Gasteiger partial charge on any atom is 0.234 e. The van der Waals surface area contributed by atoms with Gasteiger partial charge in [0.2, 0.25) is 5.91 Å². The number of benzene rings is 1. The molecule has 1 unspecified atom stereocenters. The standard InChI is InChI=1S/C14H20N2O2S/c1-9(2)12(13(15)19)14(18)16-11-5-3-10(4-6-11)7-8-17/h3-6,9,12,17H,7-8H2,1-2H3,(H2,15,19)(H,16,18). The van der Waals surface area contributed by atoms with Crippen molar-refractivity contribution in [3.63, 3.8) is 0 Å². The highest BCUT2D eigenvalue weighted by Gasteiger charge is 2.24. The summed E-state index contributed by atoms with van der Waals surface area (Å²) in [5, 5.41) is 11.6. The van der Waals surface area contributed by atoms with Gasteiger partial charge < -0.3 is 16.2 Å². The zero-order valence-corrected chi connectivity index (χ0v) is 12.0. The Hall–Kier alpha value is -1.46. The molecule has 0 radical (unpaired) electrons. The molecule has 0 spiro atoms. The molecule has 1 atom stereocenters. The van der Waals surface area contributed by atoms with E-state index in [2.05, 4.69) is 5.32 Å². The molecule has 0 aliphatic heterocycles. The third-order valence-corrected chi connectivity index (χ3v) is 3.13. The predicted molar refractivity (Wildman–Crippen MR) is 81.0 cm³/mol. The Kier molecular flexibility index (Phi) is 5.92. The lowest BCUT2D eigenvalue weighted by Gasteiger charge is -2.18. The average molecular weight is 280 g/mol. The molecule has 0 saturated heterocycles. The highest BCUT2D eigenvalue weighted by molar-refractivity contribution is 7.80. The largest absolute Gasteiger partial charge is 0.396 e. The first-order valence-electron chi connectivity index (χ1n) is 6.25. The quantitative estimate of drug-likeness (QED) is 0.694. The summed E-state index contributed by atoms with van der Waals surface area (Å²) < 4.78 is 0. The minimum Gasteiger partial charge on any atom is -0.396 e. The molecular formula is C14H20N2O2S. The number of rotatable bonds is 6. The van der Waals surface area contributed by atoms with Crippen molar-refractivity contribution < 1.29 is 9.90 Å². The smallest absolute Gasteiger partial charge is 0.234 e. The molecule has 104 valence electrons. The first-order chi connectivity index (χ1) is 8.95. The number of nitrogens with one attached hydrogen (secondary N) is 1. The SMILES string of the molecule is CC(C)C(C(=O)Nc1ccc(CCO)cc1)C(N)=S. The molecule has 19 heavy (non-hydrogen) atoms. The van der Waals surface area contributed by atoms with Crippen molar-refractivity contribution in [3.05, 3.63) is 29.8 Å². The molecule has 0 saturated carbocycles. The summed E-state index contributed by atoms with van der Waals surface area (Å²) >= 11 is 4.93. The fourth-order valence-electron chi connectivity index (χ4n) is 1.86. The van der Waals surface area contributed by atoms with Crippen molar-refractivity contribution in [1.82, 2.24) is 0 Å².